The molecule has 3 aliphatic heterocycles. The molecule has 0 radical (unpaired) electrons. The van der Waals surface area contributed by atoms with Gasteiger partial charge in [0.15, 0.2) is 0 Å². The summed E-state index contributed by atoms with van der Waals surface area (Å²) in [5, 5.41) is 16.7. The van der Waals surface area contributed by atoms with E-state index in [4.69, 9.17) is 9.47 Å². The van der Waals surface area contributed by atoms with Crippen LogP contribution in [0, 0.1) is 11.3 Å². The third kappa shape index (κ3) is 11.5. The predicted molar refractivity (Wildman–Crippen MR) is 272 cm³/mol. The number of aryl methyl sites for hydroxylation is 1. The maximum atomic E-state index is 14.8. The molecule has 3 aliphatic rings. The fourth-order valence-corrected chi connectivity index (χ4v) is 11.2. The van der Waals surface area contributed by atoms with Gasteiger partial charge in [-0.25, -0.2) is 9.73 Å². The zero-order valence-corrected chi connectivity index (χ0v) is 43.7. The maximum absolute atomic E-state index is 14.8. The molecule has 16 nitrogen and oxygen atoms in total. The number of fused-ring (bicyclic) bond motifs is 6. The van der Waals surface area contributed by atoms with Gasteiger partial charge in [0.1, 0.15) is 29.9 Å². The highest BCUT2D eigenvalue weighted by molar-refractivity contribution is 7.98. The molecule has 0 saturated carbocycles. The monoisotopic (exact) mass is 981 g/mol. The van der Waals surface area contributed by atoms with Gasteiger partial charge >= 0.3 is 5.97 Å². The first-order valence-corrected chi connectivity index (χ1v) is 25.2. The van der Waals surface area contributed by atoms with E-state index >= 15 is 0 Å². The number of phenolic OH excluding ortho intramolecular Hbond substituents is 1. The summed E-state index contributed by atoms with van der Waals surface area (Å²) >= 11 is 1.61. The normalized spacial score (nSPS) is 22.0. The molecule has 4 aromatic rings. The van der Waals surface area contributed by atoms with Crippen LogP contribution in [0.3, 0.4) is 0 Å². The van der Waals surface area contributed by atoms with E-state index in [0.717, 1.165) is 38.9 Å². The van der Waals surface area contributed by atoms with Crippen molar-refractivity contribution < 1.29 is 38.6 Å². The Balaban J connectivity index is 1.24. The van der Waals surface area contributed by atoms with E-state index < -0.39 is 47.2 Å². The molecule has 4 amide bonds. The Hall–Kier alpha value is -5.49. The average Bonchev–Trinajstić information content (AvgIpc) is 3.81. The first-order chi connectivity index (χ1) is 33.0. The Labute approximate surface area is 416 Å². The second-order valence-corrected chi connectivity index (χ2v) is 23.2. The van der Waals surface area contributed by atoms with E-state index in [0.29, 0.717) is 43.5 Å². The summed E-state index contributed by atoms with van der Waals surface area (Å²) in [6, 6.07) is 10.0. The molecule has 3 N–H and O–H groups in total. The number of amides is 4. The lowest BCUT2D eigenvalue weighted by Crippen LogP contribution is -2.62. The number of cyclic esters (lactones) is 1. The highest BCUT2D eigenvalue weighted by Gasteiger charge is 2.52. The highest BCUT2D eigenvalue weighted by atomic mass is 32.2. The molecule has 2 aromatic carbocycles. The Morgan fingerprint density at radius 3 is 2.51 bits per heavy atom. The minimum absolute atomic E-state index is 0.0176. The number of nitrogens with zero attached hydrogens (tertiary/aromatic N) is 6. The van der Waals surface area contributed by atoms with E-state index in [9.17, 15) is 29.1 Å². The molecule has 378 valence electrons. The minimum Gasteiger partial charge on any atom is -0.508 e. The fraction of sp³-hybridized carbons (Fsp3) is 0.547. The molecule has 6 atom stereocenters. The van der Waals surface area contributed by atoms with Crippen LogP contribution in [-0.2, 0) is 59.4 Å². The van der Waals surface area contributed by atoms with Crippen molar-refractivity contribution in [3.8, 4) is 28.1 Å². The van der Waals surface area contributed by atoms with Crippen LogP contribution < -0.4 is 10.7 Å². The molecule has 5 heterocycles. The van der Waals surface area contributed by atoms with Crippen LogP contribution in [-0.4, -0.2) is 139 Å². The number of pyridine rings is 1. The van der Waals surface area contributed by atoms with Gasteiger partial charge in [0.25, 0.3) is 5.91 Å². The summed E-state index contributed by atoms with van der Waals surface area (Å²) in [6.07, 6.45) is 5.09. The number of ether oxygens (including phenoxy) is 2. The molecule has 2 saturated heterocycles. The molecule has 0 spiro atoms. The van der Waals surface area contributed by atoms with Gasteiger partial charge in [-0.15, -0.1) is 0 Å². The number of aromatic hydroxyl groups is 1. The number of benzene rings is 2. The van der Waals surface area contributed by atoms with Crippen molar-refractivity contribution >= 4 is 52.4 Å². The molecule has 2 aromatic heterocycles. The number of carbonyl (C=O) groups excluding carboxylic acids is 5. The van der Waals surface area contributed by atoms with Crippen molar-refractivity contribution in [2.75, 3.05) is 40.9 Å². The van der Waals surface area contributed by atoms with Crippen molar-refractivity contribution in [1.29, 1.82) is 0 Å². The molecule has 7 rings (SSSR count). The SMILES string of the molecule is CCn1c(-c2cnccc2COC)c2c3cc(ccc31)-c1cc(O)cc(c1)C[C@H](NC(=O)C(C(C)C)N(C)C(=O)CN(C)C(=O)[C@@H]1[C@H](C)N1SC(C)(C)C)C(=O)N1CCC[C@H](N1)C(=O)OCC(C)(C)C2. The summed E-state index contributed by atoms with van der Waals surface area (Å²) in [7, 11) is 4.81. The van der Waals surface area contributed by atoms with E-state index in [1.807, 2.05) is 49.5 Å². The summed E-state index contributed by atoms with van der Waals surface area (Å²) in [4.78, 5) is 78.1. The quantitative estimate of drug-likeness (QED) is 0.0816. The van der Waals surface area contributed by atoms with E-state index in [-0.39, 0.29) is 60.5 Å². The number of hydrazine groups is 1. The maximum Gasteiger partial charge on any atom is 0.324 e. The molecular formula is C53H72N8O8S. The molecular weight excluding hydrogens is 909 g/mol. The lowest BCUT2D eigenvalue weighted by atomic mass is 9.84. The number of phenols is 1. The largest absolute Gasteiger partial charge is 0.508 e. The number of nitrogens with one attached hydrogen (secondary N) is 2. The number of esters is 1. The van der Waals surface area contributed by atoms with Gasteiger partial charge in [-0.1, -0.05) is 51.8 Å². The smallest absolute Gasteiger partial charge is 0.324 e. The first-order valence-electron chi connectivity index (χ1n) is 24.5. The van der Waals surface area contributed by atoms with Crippen molar-refractivity contribution in [3.05, 3.63) is 71.5 Å². The third-order valence-corrected chi connectivity index (χ3v) is 14.8. The van der Waals surface area contributed by atoms with Gasteiger partial charge in [0, 0.05) is 85.8 Å². The Morgan fingerprint density at radius 2 is 1.83 bits per heavy atom. The second kappa shape index (κ2) is 21.1. The lowest BCUT2D eigenvalue weighted by Gasteiger charge is -2.37. The van der Waals surface area contributed by atoms with Crippen molar-refractivity contribution in [1.82, 2.24) is 39.4 Å². The topological polar surface area (TPSA) is 179 Å². The molecule has 6 bridgehead atoms. The van der Waals surface area contributed by atoms with Gasteiger partial charge in [0.05, 0.1) is 25.5 Å². The van der Waals surface area contributed by atoms with Gasteiger partial charge in [0.2, 0.25) is 17.7 Å². The van der Waals surface area contributed by atoms with Gasteiger partial charge in [-0.05, 0) is 118 Å². The predicted octanol–water partition coefficient (Wildman–Crippen LogP) is 6.35. The number of methoxy groups -OCH3 is 1. The Morgan fingerprint density at radius 1 is 1.09 bits per heavy atom. The summed E-state index contributed by atoms with van der Waals surface area (Å²) in [5.74, 6) is -2.54. The number of hydrogen-bond donors (Lipinski definition) is 3. The number of carbonyl (C=O) groups is 5. The van der Waals surface area contributed by atoms with Crippen LogP contribution in [0.5, 0.6) is 5.75 Å². The zero-order chi connectivity index (χ0) is 51.0. The molecule has 0 aliphatic carbocycles. The van der Waals surface area contributed by atoms with Crippen LogP contribution in [0.4, 0.5) is 0 Å². The van der Waals surface area contributed by atoms with Crippen LogP contribution >= 0.6 is 11.9 Å². The molecule has 70 heavy (non-hydrogen) atoms. The van der Waals surface area contributed by atoms with Crippen LogP contribution in [0.25, 0.3) is 33.3 Å². The van der Waals surface area contributed by atoms with Gasteiger partial charge in [-0.3, -0.25) is 34.0 Å². The van der Waals surface area contributed by atoms with Gasteiger partial charge in [-0.2, -0.15) is 0 Å². The lowest BCUT2D eigenvalue weighted by molar-refractivity contribution is -0.155. The molecule has 2 unspecified atom stereocenters. The summed E-state index contributed by atoms with van der Waals surface area (Å²) in [5.41, 5.74) is 9.69. The third-order valence-electron chi connectivity index (χ3n) is 13.4. The van der Waals surface area contributed by atoms with Gasteiger partial charge < -0.3 is 34.3 Å². The summed E-state index contributed by atoms with van der Waals surface area (Å²) in [6.45, 7) is 19.3. The average molecular weight is 981 g/mol. The standard InChI is InChI=1S/C53H72N8O8S/c1-13-59-43-17-16-34-25-38(43)39(47(59)40-27-54-19-18-35(40)29-68-12)26-53(8,9)30-69-51(67)41-15-14-20-60(56-41)49(65)42(23-33-21-36(34)24-37(62)22-33)55-48(64)45(31(2)3)58(11)44(63)28-57(10)50(66)46-32(4)61(46)70-52(5,6)7/h16-19,21-22,24-25,27,31-32,41-42,45-46,56,62H,13-15,20,23,26,28-30H2,1-12H3,(H,55,64)/t32-,41-,42-,45?,46-,61?/m0/s1. The second-order valence-electron chi connectivity index (χ2n) is 21.3. The number of rotatable bonds is 12. The minimum atomic E-state index is -1.19. The van der Waals surface area contributed by atoms with Crippen molar-refractivity contribution in [2.24, 2.45) is 11.3 Å². The number of aromatic nitrogens is 2. The van der Waals surface area contributed by atoms with E-state index in [1.54, 1.807) is 51.5 Å². The highest BCUT2D eigenvalue weighted by Crippen LogP contribution is 2.44. The fourth-order valence-electron chi connectivity index (χ4n) is 9.98. The number of likely N-dealkylation sites (N-methyl/N-ethyl adjacent to an activating group) is 2. The van der Waals surface area contributed by atoms with Crippen LogP contribution in [0.15, 0.2) is 54.9 Å². The molecule has 17 heteroatoms. The van der Waals surface area contributed by atoms with Crippen molar-refractivity contribution in [3.63, 3.8) is 0 Å². The van der Waals surface area contributed by atoms with Crippen LogP contribution in [0.1, 0.15) is 91.8 Å². The number of hydrogen-bond acceptors (Lipinski definition) is 12. The summed E-state index contributed by atoms with van der Waals surface area (Å²) < 4.78 is 16.0. The first kappa shape index (κ1) is 52.3. The molecule has 2 fully saturated rings. The van der Waals surface area contributed by atoms with E-state index in [1.165, 1.54) is 14.8 Å². The Bertz CT molecular complexity index is 2620. The van der Waals surface area contributed by atoms with Crippen molar-refractivity contribution in [2.45, 2.75) is 136 Å². The van der Waals surface area contributed by atoms with Crippen LogP contribution in [0.2, 0.25) is 0 Å². The van der Waals surface area contributed by atoms with E-state index in [2.05, 4.69) is 74.0 Å². The Kier molecular flexibility index (Phi) is 15.8. The zero-order valence-electron chi connectivity index (χ0n) is 42.9.